The van der Waals surface area contributed by atoms with Gasteiger partial charge in [0.2, 0.25) is 5.41 Å². The molecule has 1 aromatic rings. The third-order valence-corrected chi connectivity index (χ3v) is 3.62. The molecule has 0 spiro atoms. The molecule has 1 aliphatic heterocycles. The predicted molar refractivity (Wildman–Crippen MR) is 80.1 cm³/mol. The van der Waals surface area contributed by atoms with E-state index >= 15 is 0 Å². The number of carbonyl (C=O) groups excluding carboxylic acids is 1. The SMILES string of the molecule is CCCC[C@H]1OC[C@@](C#N)(C(=O)Oc2ccc(C#N)cc2)CO1. The summed E-state index contributed by atoms with van der Waals surface area (Å²) >= 11 is 0. The van der Waals surface area contributed by atoms with Crippen LogP contribution in [-0.2, 0) is 14.3 Å². The molecule has 0 atom stereocenters. The van der Waals surface area contributed by atoms with Crippen molar-refractivity contribution >= 4 is 5.97 Å². The van der Waals surface area contributed by atoms with Crippen LogP contribution in [-0.4, -0.2) is 25.5 Å². The van der Waals surface area contributed by atoms with Crippen LogP contribution in [0.5, 0.6) is 5.75 Å². The molecular weight excluding hydrogens is 296 g/mol. The zero-order chi connectivity index (χ0) is 16.7. The van der Waals surface area contributed by atoms with E-state index in [0.29, 0.717) is 5.56 Å². The van der Waals surface area contributed by atoms with Gasteiger partial charge < -0.3 is 14.2 Å². The van der Waals surface area contributed by atoms with Crippen LogP contribution in [0, 0.1) is 28.1 Å². The maximum Gasteiger partial charge on any atom is 0.336 e. The van der Waals surface area contributed by atoms with Crippen LogP contribution in [0.15, 0.2) is 24.3 Å². The Kier molecular flexibility index (Phi) is 5.70. The highest BCUT2D eigenvalue weighted by Gasteiger charge is 2.46. The first-order valence-corrected chi connectivity index (χ1v) is 7.50. The first-order valence-electron chi connectivity index (χ1n) is 7.50. The second-order valence-corrected chi connectivity index (χ2v) is 5.41. The highest BCUT2D eigenvalue weighted by atomic mass is 16.7. The van der Waals surface area contributed by atoms with Crippen molar-refractivity contribution in [3.63, 3.8) is 0 Å². The Morgan fingerprint density at radius 2 is 1.96 bits per heavy atom. The van der Waals surface area contributed by atoms with Crippen molar-refractivity contribution in [1.29, 1.82) is 10.5 Å². The number of hydrogen-bond donors (Lipinski definition) is 0. The molecule has 1 heterocycles. The van der Waals surface area contributed by atoms with Crippen molar-refractivity contribution in [3.05, 3.63) is 29.8 Å². The monoisotopic (exact) mass is 314 g/mol. The Morgan fingerprint density at radius 3 is 2.48 bits per heavy atom. The van der Waals surface area contributed by atoms with E-state index in [9.17, 15) is 10.1 Å². The molecule has 0 unspecified atom stereocenters. The second kappa shape index (κ2) is 7.73. The average molecular weight is 314 g/mol. The van der Waals surface area contributed by atoms with Crippen molar-refractivity contribution in [2.75, 3.05) is 13.2 Å². The number of rotatable bonds is 5. The van der Waals surface area contributed by atoms with Crippen molar-refractivity contribution in [2.24, 2.45) is 5.41 Å². The van der Waals surface area contributed by atoms with Crippen LogP contribution in [0.4, 0.5) is 0 Å². The molecule has 120 valence electrons. The van der Waals surface area contributed by atoms with Gasteiger partial charge in [0.1, 0.15) is 5.75 Å². The predicted octanol–water partition coefficient (Wildman–Crippen LogP) is 2.54. The van der Waals surface area contributed by atoms with Gasteiger partial charge in [-0.3, -0.25) is 0 Å². The minimum Gasteiger partial charge on any atom is -0.425 e. The largest absolute Gasteiger partial charge is 0.425 e. The third-order valence-electron chi connectivity index (χ3n) is 3.62. The molecule has 0 radical (unpaired) electrons. The molecule has 0 N–H and O–H groups in total. The summed E-state index contributed by atoms with van der Waals surface area (Å²) in [5, 5.41) is 18.1. The molecule has 0 aliphatic carbocycles. The van der Waals surface area contributed by atoms with Crippen molar-refractivity contribution < 1.29 is 19.0 Å². The minimum absolute atomic E-state index is 0.0486. The molecule has 0 bridgehead atoms. The van der Waals surface area contributed by atoms with E-state index in [4.69, 9.17) is 19.5 Å². The highest BCUT2D eigenvalue weighted by molar-refractivity contribution is 5.82. The summed E-state index contributed by atoms with van der Waals surface area (Å²) in [7, 11) is 0. The van der Waals surface area contributed by atoms with Crippen LogP contribution < -0.4 is 4.74 Å². The number of benzene rings is 1. The number of nitrogens with zero attached hydrogens (tertiary/aromatic N) is 2. The van der Waals surface area contributed by atoms with Gasteiger partial charge in [0.15, 0.2) is 6.29 Å². The lowest BCUT2D eigenvalue weighted by atomic mass is 9.91. The molecule has 6 nitrogen and oxygen atoms in total. The van der Waals surface area contributed by atoms with Gasteiger partial charge in [-0.2, -0.15) is 10.5 Å². The molecule has 6 heteroatoms. The van der Waals surface area contributed by atoms with E-state index in [1.165, 1.54) is 24.3 Å². The van der Waals surface area contributed by atoms with Crippen molar-refractivity contribution in [3.8, 4) is 17.9 Å². The zero-order valence-electron chi connectivity index (χ0n) is 12.9. The van der Waals surface area contributed by atoms with E-state index in [0.717, 1.165) is 19.3 Å². The fraction of sp³-hybridized carbons (Fsp3) is 0.471. The summed E-state index contributed by atoms with van der Waals surface area (Å²) < 4.78 is 16.2. The zero-order valence-corrected chi connectivity index (χ0v) is 12.9. The summed E-state index contributed by atoms with van der Waals surface area (Å²) in [5.41, 5.74) is -1.00. The molecule has 0 amide bonds. The first-order chi connectivity index (χ1) is 11.1. The fourth-order valence-electron chi connectivity index (χ4n) is 2.13. The molecule has 1 saturated heterocycles. The lowest BCUT2D eigenvalue weighted by molar-refractivity contribution is -0.223. The lowest BCUT2D eigenvalue weighted by Crippen LogP contribution is -2.48. The molecular formula is C17H18N2O4. The van der Waals surface area contributed by atoms with Gasteiger partial charge in [-0.25, -0.2) is 4.79 Å². The van der Waals surface area contributed by atoms with E-state index in [-0.39, 0.29) is 25.3 Å². The number of unbranched alkanes of at least 4 members (excludes halogenated alkanes) is 1. The van der Waals surface area contributed by atoms with Gasteiger partial charge in [-0.1, -0.05) is 13.3 Å². The highest BCUT2D eigenvalue weighted by Crippen LogP contribution is 2.28. The summed E-state index contributed by atoms with van der Waals surface area (Å²) in [6.45, 7) is 1.97. The fourth-order valence-corrected chi connectivity index (χ4v) is 2.13. The molecule has 0 aromatic heterocycles. The Hall–Kier alpha value is -2.41. The van der Waals surface area contributed by atoms with E-state index in [1.54, 1.807) is 0 Å². The molecule has 2 rings (SSSR count). The molecule has 1 aromatic carbocycles. The number of carbonyl (C=O) groups is 1. The van der Waals surface area contributed by atoms with Crippen LogP contribution >= 0.6 is 0 Å². The lowest BCUT2D eigenvalue weighted by Gasteiger charge is -2.33. The Labute approximate surface area is 135 Å². The third kappa shape index (κ3) is 4.07. The van der Waals surface area contributed by atoms with Gasteiger partial charge in [-0.15, -0.1) is 0 Å². The maximum absolute atomic E-state index is 12.3. The topological polar surface area (TPSA) is 92.3 Å². The summed E-state index contributed by atoms with van der Waals surface area (Å²) in [4.78, 5) is 12.3. The quantitative estimate of drug-likeness (QED) is 0.612. The van der Waals surface area contributed by atoms with Crippen molar-refractivity contribution in [1.82, 2.24) is 0 Å². The summed E-state index contributed by atoms with van der Waals surface area (Å²) in [6.07, 6.45) is 2.34. The Morgan fingerprint density at radius 1 is 1.30 bits per heavy atom. The first kappa shape index (κ1) is 17.0. The van der Waals surface area contributed by atoms with E-state index in [2.05, 4.69) is 6.92 Å². The smallest absolute Gasteiger partial charge is 0.336 e. The maximum atomic E-state index is 12.3. The minimum atomic E-state index is -1.46. The van der Waals surface area contributed by atoms with Gasteiger partial charge in [0.25, 0.3) is 0 Å². The van der Waals surface area contributed by atoms with Crippen LogP contribution in [0.3, 0.4) is 0 Å². The van der Waals surface area contributed by atoms with Crippen molar-refractivity contribution in [2.45, 2.75) is 32.5 Å². The van der Waals surface area contributed by atoms with Gasteiger partial charge in [-0.05, 0) is 37.1 Å². The van der Waals surface area contributed by atoms with Gasteiger partial charge in [0, 0.05) is 0 Å². The van der Waals surface area contributed by atoms with E-state index in [1.807, 2.05) is 12.1 Å². The number of ether oxygens (including phenoxy) is 3. The average Bonchev–Trinajstić information content (AvgIpc) is 2.61. The van der Waals surface area contributed by atoms with Gasteiger partial charge in [0.05, 0.1) is 30.9 Å². The summed E-state index contributed by atoms with van der Waals surface area (Å²) in [5.74, 6) is -0.435. The second-order valence-electron chi connectivity index (χ2n) is 5.41. The van der Waals surface area contributed by atoms with Crippen LogP contribution in [0.25, 0.3) is 0 Å². The standard InChI is InChI=1S/C17H18N2O4/c1-2-3-4-15-21-11-17(10-19,12-22-15)16(20)23-14-7-5-13(9-18)6-8-14/h5-8,15H,2-4,11-12H2,1H3/t15-,17+. The van der Waals surface area contributed by atoms with E-state index < -0.39 is 11.4 Å². The number of hydrogen-bond acceptors (Lipinski definition) is 6. The molecule has 1 fully saturated rings. The molecule has 23 heavy (non-hydrogen) atoms. The number of nitriles is 2. The Bertz CT molecular complexity index is 619. The number of esters is 1. The van der Waals surface area contributed by atoms with Gasteiger partial charge >= 0.3 is 5.97 Å². The molecule has 0 saturated carbocycles. The molecule has 1 aliphatic rings. The van der Waals surface area contributed by atoms with Crippen LogP contribution in [0.1, 0.15) is 31.7 Å². The normalized spacial score (nSPS) is 23.5. The Balaban J connectivity index is 1.99. The summed E-state index contributed by atoms with van der Waals surface area (Å²) in [6, 6.07) is 10.0. The van der Waals surface area contributed by atoms with Crippen LogP contribution in [0.2, 0.25) is 0 Å².